The quantitative estimate of drug-likeness (QED) is 0.0779. The summed E-state index contributed by atoms with van der Waals surface area (Å²) < 4.78 is 15.9. The monoisotopic (exact) mass is 1460 g/mol. The van der Waals surface area contributed by atoms with Crippen LogP contribution in [-0.4, -0.2) is 32.1 Å². The van der Waals surface area contributed by atoms with Crippen molar-refractivity contribution in [2.24, 2.45) is 105 Å². The fourth-order valence-corrected chi connectivity index (χ4v) is 26.5. The SMILES string of the molecule is CC(C)CCC[C@@H](C)[C@H]1CC[C@H]2[C@@H]3CC[C@H]4C[C@@H](OC5=c6ccc([nH]6)=C(c6cc(C(C)(C)C)cc(C(C)(C)C)c6)c6ccc([nH]6)C(O[C@H]6CC[C@@]7(C)[C@@H](CC[C@@H]8[C@@H]7CC[C@]7(C)[C@@H]([C@H](C)CCCC(C)C)CC[C@@H]87)C6)=c6ccc([nH]6)=C(c6cc(C(C)(C)C)cc(C(C)(C)C)c6)c6ccc5[nH]6)CC[C@]4(C)[C@H]3CC[C@]12C. The van der Waals surface area contributed by atoms with Gasteiger partial charge in [-0.15, -0.1) is 0 Å². The third-order valence-electron chi connectivity index (χ3n) is 32.9. The number of rotatable bonds is 16. The number of benzene rings is 2. The van der Waals surface area contributed by atoms with Gasteiger partial charge < -0.3 is 29.4 Å². The molecular formula is C102H148N4O2. The molecule has 8 fully saturated rings. The summed E-state index contributed by atoms with van der Waals surface area (Å²) in [7, 11) is 0. The molecule has 4 aromatic heterocycles. The van der Waals surface area contributed by atoms with Gasteiger partial charge in [0.2, 0.25) is 0 Å². The Morgan fingerprint density at radius 3 is 1.04 bits per heavy atom. The fourth-order valence-electron chi connectivity index (χ4n) is 26.5. The maximum atomic E-state index is 7.93. The Morgan fingerprint density at radius 1 is 0.352 bits per heavy atom. The molecule has 8 saturated carbocycles. The normalized spacial score (nSPS) is 32.8. The van der Waals surface area contributed by atoms with Crippen LogP contribution in [0.25, 0.3) is 22.7 Å². The van der Waals surface area contributed by atoms with Gasteiger partial charge in [-0.1, -0.05) is 227 Å². The first kappa shape index (κ1) is 77.9. The summed E-state index contributed by atoms with van der Waals surface area (Å²) >= 11 is 0. The van der Waals surface area contributed by atoms with E-state index in [1.54, 1.807) is 0 Å². The van der Waals surface area contributed by atoms with E-state index in [0.29, 0.717) is 33.5 Å². The molecule has 0 radical (unpaired) electrons. The predicted molar refractivity (Wildman–Crippen MR) is 453 cm³/mol. The Balaban J connectivity index is 0.824. The summed E-state index contributed by atoms with van der Waals surface area (Å²) in [6.07, 6.45) is 32.4. The summed E-state index contributed by atoms with van der Waals surface area (Å²) in [5.74, 6) is 13.3. The summed E-state index contributed by atoms with van der Waals surface area (Å²) in [6.45, 7) is 54.5. The molecule has 6 nitrogen and oxygen atoms in total. The van der Waals surface area contributed by atoms with Gasteiger partial charge in [0.25, 0.3) is 0 Å². The van der Waals surface area contributed by atoms with Gasteiger partial charge in [-0.3, -0.25) is 0 Å². The molecule has 4 N–H and O–H groups in total. The van der Waals surface area contributed by atoms with E-state index in [1.807, 2.05) is 0 Å². The Bertz CT molecular complexity index is 4140. The lowest BCUT2D eigenvalue weighted by Gasteiger charge is -2.61. The lowest BCUT2D eigenvalue weighted by Crippen LogP contribution is -2.54. The molecule has 18 atom stereocenters. The van der Waals surface area contributed by atoms with Crippen LogP contribution in [0.15, 0.2) is 84.9 Å². The van der Waals surface area contributed by atoms with Gasteiger partial charge in [0.1, 0.15) is 0 Å². The number of hydrogen-bond acceptors (Lipinski definition) is 2. The highest BCUT2D eigenvalue weighted by Gasteiger charge is 2.63. The molecule has 588 valence electrons. The lowest BCUT2D eigenvalue weighted by molar-refractivity contribution is -0.129. The van der Waals surface area contributed by atoms with Gasteiger partial charge >= 0.3 is 0 Å². The van der Waals surface area contributed by atoms with E-state index in [4.69, 9.17) is 9.47 Å². The Morgan fingerprint density at radius 2 is 0.685 bits per heavy atom. The van der Waals surface area contributed by atoms with Crippen LogP contribution in [-0.2, 0) is 31.1 Å². The maximum absolute atomic E-state index is 7.93. The van der Waals surface area contributed by atoms with Crippen molar-refractivity contribution in [2.45, 2.75) is 340 Å². The molecule has 5 heterocycles. The second-order valence-electron chi connectivity index (χ2n) is 44.6. The molecule has 2 aromatic carbocycles. The number of hydrogen-bond donors (Lipinski definition) is 4. The Kier molecular flexibility index (Phi) is 20.9. The van der Waals surface area contributed by atoms with Crippen molar-refractivity contribution in [2.75, 3.05) is 0 Å². The molecular weight excluding hydrogens is 1310 g/mol. The first-order valence-electron chi connectivity index (χ1n) is 44.8. The zero-order valence-electron chi connectivity index (χ0n) is 72.1. The molecule has 108 heavy (non-hydrogen) atoms. The second kappa shape index (κ2) is 28.9. The van der Waals surface area contributed by atoms with Crippen LogP contribution in [0.2, 0.25) is 0 Å². The Labute approximate surface area is 655 Å². The highest BCUT2D eigenvalue weighted by Crippen LogP contribution is 2.71. The standard InChI is InChI=1S/C102H148N4O2/c1-61(2)25-23-27-63(5)77-33-35-79-75-31-29-67-59-73(45-49-99(67,19)81(75)47-51-101(77,79)21)107-93-87-41-37-83(103-87)91(65-53-69(95(7,8)9)57-70(54-65)96(10,11)12)85-39-43-89(105-85)94(90-44-40-86(106-90)92(84-38-42-88(93)104-84)66-55-71(97(13,14)15)58-72(56-66)98(16,17)18)108-74-46-50-100(20)68(60-74)30-32-76-80-36-34-78(64(6)28-24-26-62(3)4)102(80,22)52-48-82(76)100/h37-44,53-58,61-64,67-68,73-82,103-106H,23-36,45-52,59-60H2,1-22H3/t63-,64-,67+,68+,73+,74+,75+,76+,77-,78-,79+,80+,81+,82+,99+,100+,101-,102-/m1/s1. The molecule has 0 spiro atoms. The molecule has 1 aliphatic heterocycles. The zero-order valence-corrected chi connectivity index (χ0v) is 72.1. The second-order valence-corrected chi connectivity index (χ2v) is 44.6. The molecule has 0 amide bonds. The van der Waals surface area contributed by atoms with Crippen molar-refractivity contribution >= 4 is 22.7 Å². The van der Waals surface area contributed by atoms with Crippen LogP contribution >= 0.6 is 0 Å². The van der Waals surface area contributed by atoms with E-state index in [2.05, 4.69) is 257 Å². The van der Waals surface area contributed by atoms with Crippen LogP contribution < -0.4 is 21.4 Å². The number of H-pyrrole nitrogens is 4. The topological polar surface area (TPSA) is 81.6 Å². The largest absolute Gasteiger partial charge is 0.486 e. The first-order chi connectivity index (χ1) is 50.9. The average molecular weight is 1460 g/mol. The molecule has 6 aromatic rings. The van der Waals surface area contributed by atoms with Gasteiger partial charge in [-0.05, 0) is 324 Å². The minimum absolute atomic E-state index is 0.0786. The minimum atomic E-state index is -0.0786. The van der Waals surface area contributed by atoms with Gasteiger partial charge in [-0.25, -0.2) is 0 Å². The zero-order chi connectivity index (χ0) is 76.7. The van der Waals surface area contributed by atoms with Gasteiger partial charge in [0.05, 0.1) is 34.3 Å². The van der Waals surface area contributed by atoms with Crippen LogP contribution in [0.4, 0.5) is 0 Å². The summed E-state index contributed by atoms with van der Waals surface area (Å²) in [5.41, 5.74) is 15.6. The smallest absolute Gasteiger partial charge is 0.166 e. The van der Waals surface area contributed by atoms with E-state index in [9.17, 15) is 0 Å². The van der Waals surface area contributed by atoms with Crippen LogP contribution in [0.5, 0.6) is 0 Å². The molecule has 0 saturated heterocycles. The van der Waals surface area contributed by atoms with E-state index in [1.165, 1.54) is 162 Å². The maximum Gasteiger partial charge on any atom is 0.166 e. The van der Waals surface area contributed by atoms with Crippen molar-refractivity contribution in [3.05, 3.63) is 162 Å². The number of aromatic amines is 4. The summed E-state index contributed by atoms with van der Waals surface area (Å²) in [4.78, 5) is 16.8. The third kappa shape index (κ3) is 14.5. The van der Waals surface area contributed by atoms with Crippen molar-refractivity contribution in [3.8, 4) is 0 Å². The molecule has 8 bridgehead atoms. The fraction of sp³-hybridized carbons (Fsp3) is 0.686. The molecule has 8 aliphatic carbocycles. The molecule has 15 rings (SSSR count). The highest BCUT2D eigenvalue weighted by atomic mass is 16.5. The predicted octanol–water partition coefficient (Wildman–Crippen LogP) is 24.3. The third-order valence-corrected chi connectivity index (χ3v) is 32.9. The molecule has 9 aliphatic rings. The molecule has 0 unspecified atom stereocenters. The van der Waals surface area contributed by atoms with Crippen LogP contribution in [0, 0.1) is 105 Å². The van der Waals surface area contributed by atoms with Crippen molar-refractivity contribution in [1.29, 1.82) is 0 Å². The molecule has 6 heteroatoms. The number of fused-ring (bicyclic) bond motifs is 18. The summed E-state index contributed by atoms with van der Waals surface area (Å²) in [5, 5.41) is 4.16. The van der Waals surface area contributed by atoms with Crippen molar-refractivity contribution < 1.29 is 9.47 Å². The number of ether oxygens (including phenoxy) is 2. The van der Waals surface area contributed by atoms with Crippen molar-refractivity contribution in [1.82, 2.24) is 19.9 Å². The van der Waals surface area contributed by atoms with Crippen LogP contribution in [0.3, 0.4) is 0 Å². The van der Waals surface area contributed by atoms with Crippen molar-refractivity contribution in [3.63, 3.8) is 0 Å². The number of aromatic nitrogens is 4. The Hall–Kier alpha value is -5.36. The summed E-state index contributed by atoms with van der Waals surface area (Å²) in [6, 6.07) is 33.7. The lowest BCUT2D eigenvalue weighted by atomic mass is 9.44. The minimum Gasteiger partial charge on any atom is -0.486 e. The van der Waals surface area contributed by atoms with Gasteiger partial charge in [0, 0.05) is 33.2 Å². The van der Waals surface area contributed by atoms with Crippen LogP contribution in [0.1, 0.15) is 363 Å². The van der Waals surface area contributed by atoms with E-state index < -0.39 is 0 Å². The van der Waals surface area contributed by atoms with E-state index >= 15 is 0 Å². The highest BCUT2D eigenvalue weighted by molar-refractivity contribution is 5.81. The van der Waals surface area contributed by atoms with Gasteiger partial charge in [0.15, 0.2) is 11.5 Å². The van der Waals surface area contributed by atoms with E-state index in [0.717, 1.165) is 164 Å². The first-order valence-corrected chi connectivity index (χ1v) is 44.8. The number of nitrogens with one attached hydrogen (secondary N) is 4. The van der Waals surface area contributed by atoms with E-state index in [-0.39, 0.29) is 33.9 Å². The average Bonchev–Trinajstić information content (AvgIpc) is 1.38. The van der Waals surface area contributed by atoms with Gasteiger partial charge in [-0.2, -0.15) is 0 Å².